The highest BCUT2D eigenvalue weighted by molar-refractivity contribution is 7.99. The quantitative estimate of drug-likeness (QED) is 0.139. The number of thiophene rings is 1. The normalized spacial score (nSPS) is 11.7. The van der Waals surface area contributed by atoms with Gasteiger partial charge in [-0.3, -0.25) is 14.4 Å². The molecule has 2 heterocycles. The van der Waals surface area contributed by atoms with Crippen molar-refractivity contribution in [2.75, 3.05) is 5.75 Å². The Morgan fingerprint density at radius 1 is 1.06 bits per heavy atom. The Labute approximate surface area is 216 Å². The highest BCUT2D eigenvalue weighted by atomic mass is 32.2. The van der Waals surface area contributed by atoms with Crippen molar-refractivity contribution in [1.29, 1.82) is 0 Å². The average molecular weight is 530 g/mol. The third kappa shape index (κ3) is 8.65. The highest BCUT2D eigenvalue weighted by Gasteiger charge is 2.22. The van der Waals surface area contributed by atoms with Crippen LogP contribution in [0.15, 0.2) is 58.5 Å². The van der Waals surface area contributed by atoms with Crippen LogP contribution in [0.1, 0.15) is 46.7 Å². The Morgan fingerprint density at radius 3 is 2.56 bits per heavy atom. The number of amides is 1. The molecule has 4 N–H and O–H groups in total. The van der Waals surface area contributed by atoms with E-state index in [9.17, 15) is 24.3 Å². The summed E-state index contributed by atoms with van der Waals surface area (Å²) in [6.45, 7) is 0. The summed E-state index contributed by atoms with van der Waals surface area (Å²) in [5.74, 6) is -2.07. The molecule has 36 heavy (non-hydrogen) atoms. The van der Waals surface area contributed by atoms with Crippen molar-refractivity contribution in [3.05, 3.63) is 68.6 Å². The van der Waals surface area contributed by atoms with Gasteiger partial charge in [-0.2, -0.15) is 0 Å². The van der Waals surface area contributed by atoms with Gasteiger partial charge in [-0.25, -0.2) is 9.78 Å². The van der Waals surface area contributed by atoms with Gasteiger partial charge in [0.1, 0.15) is 6.04 Å². The van der Waals surface area contributed by atoms with Gasteiger partial charge in [0.15, 0.2) is 5.16 Å². The molecule has 0 aliphatic rings. The van der Waals surface area contributed by atoms with E-state index in [0.29, 0.717) is 15.7 Å². The van der Waals surface area contributed by atoms with Gasteiger partial charge in [-0.1, -0.05) is 48.5 Å². The van der Waals surface area contributed by atoms with E-state index in [-0.39, 0.29) is 18.4 Å². The number of aliphatic carboxylic acids is 2. The number of carboxylic acid groups (broad SMARTS) is 2. The predicted octanol–water partition coefficient (Wildman–Crippen LogP) is 4.05. The van der Waals surface area contributed by atoms with E-state index >= 15 is 0 Å². The number of H-pyrrole nitrogens is 1. The zero-order valence-electron chi connectivity index (χ0n) is 19.4. The van der Waals surface area contributed by atoms with Crippen molar-refractivity contribution < 1.29 is 24.6 Å². The van der Waals surface area contributed by atoms with Crippen molar-refractivity contribution in [1.82, 2.24) is 15.3 Å². The van der Waals surface area contributed by atoms with E-state index in [0.717, 1.165) is 41.9 Å². The molecular formula is C25H27N3O6S2. The molecule has 1 amide bonds. The van der Waals surface area contributed by atoms with E-state index in [1.807, 2.05) is 36.4 Å². The number of nitrogens with one attached hydrogen (secondary N) is 2. The molecule has 1 atom stereocenters. The Balaban J connectivity index is 1.40. The summed E-state index contributed by atoms with van der Waals surface area (Å²) in [6, 6.07) is 13.3. The van der Waals surface area contributed by atoms with Crippen molar-refractivity contribution in [3.8, 4) is 11.3 Å². The molecule has 0 saturated heterocycles. The summed E-state index contributed by atoms with van der Waals surface area (Å²) in [4.78, 5) is 55.0. The number of benzene rings is 1. The van der Waals surface area contributed by atoms with Crippen LogP contribution in [0, 0.1) is 0 Å². The van der Waals surface area contributed by atoms with Crippen LogP contribution < -0.4 is 10.9 Å². The lowest BCUT2D eigenvalue weighted by atomic mass is 10.1. The molecule has 0 spiro atoms. The van der Waals surface area contributed by atoms with Gasteiger partial charge in [-0.15, -0.1) is 11.3 Å². The second-order valence-electron chi connectivity index (χ2n) is 8.02. The number of nitrogens with zero attached hydrogens (tertiary/aromatic N) is 1. The number of unbranched alkanes of at least 4 members (excludes halogenated alkanes) is 2. The molecule has 2 aromatic heterocycles. The molecule has 11 heteroatoms. The lowest BCUT2D eigenvalue weighted by Gasteiger charge is -2.12. The monoisotopic (exact) mass is 529 g/mol. The number of carbonyl (C=O) groups excluding carboxylic acids is 1. The van der Waals surface area contributed by atoms with E-state index in [1.54, 1.807) is 6.07 Å². The fourth-order valence-corrected chi connectivity index (χ4v) is 5.23. The Bertz CT molecular complexity index is 1240. The van der Waals surface area contributed by atoms with Crippen LogP contribution in [-0.2, 0) is 16.0 Å². The third-order valence-corrected chi connectivity index (χ3v) is 7.33. The Morgan fingerprint density at radius 2 is 1.83 bits per heavy atom. The van der Waals surface area contributed by atoms with Crippen molar-refractivity contribution >= 4 is 40.9 Å². The second kappa shape index (κ2) is 13.6. The fraction of sp³-hybridized carbons (Fsp3) is 0.320. The maximum absolute atomic E-state index is 12.4. The lowest BCUT2D eigenvalue weighted by Crippen LogP contribution is -2.40. The van der Waals surface area contributed by atoms with Gasteiger partial charge < -0.3 is 20.5 Å². The maximum Gasteiger partial charge on any atom is 0.326 e. The average Bonchev–Trinajstić information content (AvgIpc) is 3.33. The largest absolute Gasteiger partial charge is 0.481 e. The summed E-state index contributed by atoms with van der Waals surface area (Å²) >= 11 is 2.81. The van der Waals surface area contributed by atoms with Gasteiger partial charge in [-0.05, 0) is 37.8 Å². The van der Waals surface area contributed by atoms with Crippen molar-refractivity contribution in [3.63, 3.8) is 0 Å². The predicted molar refractivity (Wildman–Crippen MR) is 139 cm³/mol. The zero-order valence-corrected chi connectivity index (χ0v) is 21.1. The number of carboxylic acids is 2. The topological polar surface area (TPSA) is 149 Å². The molecule has 0 saturated carbocycles. The standard InChI is InChI=1S/C25H27N3O6S2/c29-21-15-19(16-7-3-1-4-8-16)27-25(28-21)35-14-6-2-5-9-17-10-12-20(36-17)23(32)26-18(24(33)34)11-13-22(30)31/h1,3-4,7-8,10,12,15,18H,2,5-6,9,11,13-14H2,(H,26,32)(H,30,31)(H,33,34)(H,27,28,29). The smallest absolute Gasteiger partial charge is 0.326 e. The van der Waals surface area contributed by atoms with Crippen LogP contribution >= 0.6 is 23.1 Å². The van der Waals surface area contributed by atoms with E-state index in [4.69, 9.17) is 5.11 Å². The van der Waals surface area contributed by atoms with E-state index < -0.39 is 23.9 Å². The molecule has 0 aliphatic carbocycles. The number of aromatic nitrogens is 2. The number of hydrogen-bond acceptors (Lipinski definition) is 7. The SMILES string of the molecule is O=C(O)CCC(NC(=O)c1ccc(CCCCCSc2nc(-c3ccccc3)cc(=O)[nH]2)s1)C(=O)O. The molecule has 0 aliphatic heterocycles. The van der Waals surface area contributed by atoms with Crippen LogP contribution in [0.4, 0.5) is 0 Å². The first kappa shape index (κ1) is 27.2. The molecule has 3 rings (SSSR count). The molecule has 1 unspecified atom stereocenters. The molecule has 9 nitrogen and oxygen atoms in total. The summed E-state index contributed by atoms with van der Waals surface area (Å²) < 4.78 is 0. The summed E-state index contributed by atoms with van der Waals surface area (Å²) in [6.07, 6.45) is 3.11. The molecule has 190 valence electrons. The minimum absolute atomic E-state index is 0.174. The van der Waals surface area contributed by atoms with Crippen LogP contribution in [0.3, 0.4) is 0 Å². The molecule has 0 bridgehead atoms. The van der Waals surface area contributed by atoms with Crippen LogP contribution in [0.2, 0.25) is 0 Å². The number of aromatic amines is 1. The first-order chi connectivity index (χ1) is 17.3. The highest BCUT2D eigenvalue weighted by Crippen LogP contribution is 2.22. The first-order valence-corrected chi connectivity index (χ1v) is 13.3. The van der Waals surface area contributed by atoms with Crippen LogP contribution in [-0.4, -0.2) is 49.8 Å². The van der Waals surface area contributed by atoms with Crippen molar-refractivity contribution in [2.45, 2.75) is 49.7 Å². The third-order valence-electron chi connectivity index (χ3n) is 5.23. The summed E-state index contributed by atoms with van der Waals surface area (Å²) in [5.41, 5.74) is 1.37. The Kier molecular flexibility index (Phi) is 10.3. The zero-order chi connectivity index (χ0) is 25.9. The Hall–Kier alpha value is -3.44. The van der Waals surface area contributed by atoms with Gasteiger partial charge >= 0.3 is 11.9 Å². The number of hydrogen-bond donors (Lipinski definition) is 4. The number of aryl methyl sites for hydroxylation is 1. The van der Waals surface area contributed by atoms with Gasteiger partial charge in [0, 0.05) is 28.7 Å². The molecule has 0 fully saturated rings. The summed E-state index contributed by atoms with van der Waals surface area (Å²) in [5, 5.41) is 20.9. The lowest BCUT2D eigenvalue weighted by molar-refractivity contribution is -0.140. The van der Waals surface area contributed by atoms with Crippen molar-refractivity contribution in [2.24, 2.45) is 0 Å². The summed E-state index contributed by atoms with van der Waals surface area (Å²) in [7, 11) is 0. The minimum Gasteiger partial charge on any atom is -0.481 e. The van der Waals surface area contributed by atoms with Crippen LogP contribution in [0.5, 0.6) is 0 Å². The fourth-order valence-electron chi connectivity index (χ4n) is 3.40. The molecule has 1 aromatic carbocycles. The van der Waals surface area contributed by atoms with Crippen LogP contribution in [0.25, 0.3) is 11.3 Å². The molecule has 3 aromatic rings. The van der Waals surface area contributed by atoms with Gasteiger partial charge in [0.2, 0.25) is 0 Å². The number of rotatable bonds is 14. The maximum atomic E-state index is 12.4. The molecular weight excluding hydrogens is 502 g/mol. The van der Waals surface area contributed by atoms with Gasteiger partial charge in [0.25, 0.3) is 11.5 Å². The number of carbonyl (C=O) groups is 3. The second-order valence-corrected chi connectivity index (χ2v) is 10.3. The first-order valence-electron chi connectivity index (χ1n) is 11.5. The van der Waals surface area contributed by atoms with E-state index in [1.165, 1.54) is 29.2 Å². The van der Waals surface area contributed by atoms with Gasteiger partial charge in [0.05, 0.1) is 10.6 Å². The minimum atomic E-state index is -1.26. The molecule has 0 radical (unpaired) electrons. The number of thioether (sulfide) groups is 1. The van der Waals surface area contributed by atoms with E-state index in [2.05, 4.69) is 15.3 Å².